The predicted molar refractivity (Wildman–Crippen MR) is 67.0 cm³/mol. The van der Waals surface area contributed by atoms with E-state index in [2.05, 4.69) is 19.9 Å². The van der Waals surface area contributed by atoms with Gasteiger partial charge in [-0.15, -0.1) is 10.2 Å². The van der Waals surface area contributed by atoms with Crippen LogP contribution < -0.4 is 0 Å². The normalized spacial score (nSPS) is 11.3. The van der Waals surface area contributed by atoms with Gasteiger partial charge in [-0.05, 0) is 13.3 Å². The van der Waals surface area contributed by atoms with Gasteiger partial charge in [0.15, 0.2) is 5.65 Å². The maximum absolute atomic E-state index is 13.6. The first kappa shape index (κ1) is 15.4. The van der Waals surface area contributed by atoms with E-state index in [0.717, 1.165) is 0 Å². The van der Waals surface area contributed by atoms with Crippen molar-refractivity contribution in [2.45, 2.75) is 40.2 Å². The van der Waals surface area contributed by atoms with E-state index in [1.165, 1.54) is 23.7 Å². The molecule has 0 fully saturated rings. The summed E-state index contributed by atoms with van der Waals surface area (Å²) in [7, 11) is 0. The predicted octanol–water partition coefficient (Wildman–Crippen LogP) is 2.80. The van der Waals surface area contributed by atoms with E-state index in [-0.39, 0.29) is 12.3 Å². The van der Waals surface area contributed by atoms with E-state index in [1.54, 1.807) is 0 Å². The number of halogens is 2. The summed E-state index contributed by atoms with van der Waals surface area (Å²) in [4.78, 5) is 4.06. The topological polar surface area (TPSA) is 52.3 Å². The standard InChI is InChI=1S/C10H12F2N4O.C2H6/c1-3-7-6-16-8(5-13-7)14-15-9(16)10(11,12)17-4-2;1-2/h5-6H,3-4H2,1-2H3;1-2H3. The highest BCUT2D eigenvalue weighted by Gasteiger charge is 2.38. The Bertz CT molecular complexity index is 527. The van der Waals surface area contributed by atoms with Gasteiger partial charge in [0.25, 0.3) is 0 Å². The number of alkyl halides is 2. The molecule has 19 heavy (non-hydrogen) atoms. The van der Waals surface area contributed by atoms with Gasteiger partial charge < -0.3 is 4.74 Å². The number of aromatic nitrogens is 4. The molecule has 0 spiro atoms. The summed E-state index contributed by atoms with van der Waals surface area (Å²) in [6, 6.07) is 0. The quantitative estimate of drug-likeness (QED) is 0.858. The molecule has 0 N–H and O–H groups in total. The lowest BCUT2D eigenvalue weighted by Crippen LogP contribution is -2.21. The van der Waals surface area contributed by atoms with Gasteiger partial charge in [-0.25, -0.2) is 0 Å². The van der Waals surface area contributed by atoms with Crippen LogP contribution in [0.3, 0.4) is 0 Å². The van der Waals surface area contributed by atoms with Crippen molar-refractivity contribution >= 4 is 5.65 Å². The van der Waals surface area contributed by atoms with E-state index < -0.39 is 11.9 Å². The van der Waals surface area contributed by atoms with E-state index in [4.69, 9.17) is 0 Å². The molecule has 0 radical (unpaired) electrons. The van der Waals surface area contributed by atoms with E-state index in [9.17, 15) is 8.78 Å². The van der Waals surface area contributed by atoms with E-state index in [1.807, 2.05) is 20.8 Å². The fourth-order valence-electron chi connectivity index (χ4n) is 1.47. The van der Waals surface area contributed by atoms with E-state index in [0.29, 0.717) is 12.1 Å². The molecule has 0 aliphatic rings. The molecule has 0 saturated carbocycles. The molecule has 0 aliphatic carbocycles. The average molecular weight is 272 g/mol. The second kappa shape index (κ2) is 6.51. The highest BCUT2D eigenvalue weighted by atomic mass is 19.3. The lowest BCUT2D eigenvalue weighted by atomic mass is 10.3. The first-order valence-electron chi connectivity index (χ1n) is 6.30. The number of nitrogens with zero attached hydrogens (tertiary/aromatic N) is 4. The van der Waals surface area contributed by atoms with Gasteiger partial charge in [0.2, 0.25) is 5.82 Å². The van der Waals surface area contributed by atoms with Crippen molar-refractivity contribution in [2.75, 3.05) is 6.61 Å². The second-order valence-electron chi connectivity index (χ2n) is 3.43. The van der Waals surface area contributed by atoms with Crippen LogP contribution >= 0.6 is 0 Å². The van der Waals surface area contributed by atoms with Gasteiger partial charge in [0.1, 0.15) is 0 Å². The van der Waals surface area contributed by atoms with Crippen LogP contribution in [0.4, 0.5) is 8.78 Å². The summed E-state index contributed by atoms with van der Waals surface area (Å²) in [5, 5.41) is 7.09. The zero-order valence-electron chi connectivity index (χ0n) is 11.5. The molecule has 0 aliphatic heterocycles. The molecule has 2 aromatic rings. The maximum atomic E-state index is 13.6. The molecule has 0 atom stereocenters. The third kappa shape index (κ3) is 3.23. The summed E-state index contributed by atoms with van der Waals surface area (Å²) >= 11 is 0. The van der Waals surface area contributed by atoms with Crippen LogP contribution in [0.1, 0.15) is 39.2 Å². The van der Waals surface area contributed by atoms with Crippen LogP contribution in [0.25, 0.3) is 5.65 Å². The van der Waals surface area contributed by atoms with Gasteiger partial charge in [-0.2, -0.15) is 8.78 Å². The number of rotatable bonds is 4. The first-order valence-corrected chi connectivity index (χ1v) is 6.30. The number of ether oxygens (including phenoxy) is 1. The highest BCUT2D eigenvalue weighted by molar-refractivity contribution is 5.35. The van der Waals surface area contributed by atoms with Crippen molar-refractivity contribution in [3.8, 4) is 0 Å². The van der Waals surface area contributed by atoms with Crippen molar-refractivity contribution in [3.63, 3.8) is 0 Å². The molecule has 106 valence electrons. The zero-order chi connectivity index (χ0) is 14.5. The molecule has 5 nitrogen and oxygen atoms in total. The van der Waals surface area contributed by atoms with Crippen LogP contribution in [-0.2, 0) is 17.3 Å². The van der Waals surface area contributed by atoms with Crippen LogP contribution in [0.5, 0.6) is 0 Å². The minimum atomic E-state index is -3.44. The summed E-state index contributed by atoms with van der Waals surface area (Å²) in [6.45, 7) is 7.28. The Morgan fingerprint density at radius 1 is 1.26 bits per heavy atom. The van der Waals surface area contributed by atoms with Gasteiger partial charge in [0.05, 0.1) is 18.5 Å². The molecule has 2 rings (SSSR count). The molecule has 0 amide bonds. The number of fused-ring (bicyclic) bond motifs is 1. The lowest BCUT2D eigenvalue weighted by molar-refractivity contribution is -0.251. The fraction of sp³-hybridized carbons (Fsp3) is 0.583. The van der Waals surface area contributed by atoms with E-state index >= 15 is 0 Å². The highest BCUT2D eigenvalue weighted by Crippen LogP contribution is 2.27. The smallest absolute Gasteiger partial charge is 0.314 e. The molecule has 0 aromatic carbocycles. The van der Waals surface area contributed by atoms with Gasteiger partial charge in [-0.1, -0.05) is 20.8 Å². The zero-order valence-corrected chi connectivity index (χ0v) is 11.5. The van der Waals surface area contributed by atoms with Gasteiger partial charge >= 0.3 is 6.11 Å². The maximum Gasteiger partial charge on any atom is 0.418 e. The molecular formula is C12H18F2N4O. The lowest BCUT2D eigenvalue weighted by Gasteiger charge is -2.13. The monoisotopic (exact) mass is 272 g/mol. The third-order valence-corrected chi connectivity index (χ3v) is 2.29. The summed E-state index contributed by atoms with van der Waals surface area (Å²) < 4.78 is 32.8. The Labute approximate surface area is 110 Å². The molecule has 2 aromatic heterocycles. The average Bonchev–Trinajstić information content (AvgIpc) is 2.84. The number of aryl methyl sites for hydroxylation is 1. The second-order valence-corrected chi connectivity index (χ2v) is 3.43. The molecule has 2 heterocycles. The minimum Gasteiger partial charge on any atom is -0.314 e. The largest absolute Gasteiger partial charge is 0.418 e. The Morgan fingerprint density at radius 3 is 2.53 bits per heavy atom. The van der Waals surface area contributed by atoms with Crippen molar-refractivity contribution in [2.24, 2.45) is 0 Å². The Morgan fingerprint density at radius 2 is 1.95 bits per heavy atom. The van der Waals surface area contributed by atoms with Crippen molar-refractivity contribution in [3.05, 3.63) is 23.9 Å². The fourth-order valence-corrected chi connectivity index (χ4v) is 1.47. The molecule has 0 unspecified atom stereocenters. The van der Waals surface area contributed by atoms with Crippen LogP contribution in [0.15, 0.2) is 12.4 Å². The third-order valence-electron chi connectivity index (χ3n) is 2.29. The van der Waals surface area contributed by atoms with Crippen molar-refractivity contribution < 1.29 is 13.5 Å². The number of hydrogen-bond donors (Lipinski definition) is 0. The number of hydrogen-bond acceptors (Lipinski definition) is 4. The van der Waals surface area contributed by atoms with Crippen LogP contribution in [-0.4, -0.2) is 26.2 Å². The Balaban J connectivity index is 0.000000861. The molecule has 7 heteroatoms. The molecule has 0 bridgehead atoms. The molecule has 0 saturated heterocycles. The first-order chi connectivity index (χ1) is 9.08. The van der Waals surface area contributed by atoms with Gasteiger partial charge in [0, 0.05) is 6.20 Å². The summed E-state index contributed by atoms with van der Waals surface area (Å²) in [5.74, 6) is -0.522. The van der Waals surface area contributed by atoms with Crippen LogP contribution in [0.2, 0.25) is 0 Å². The summed E-state index contributed by atoms with van der Waals surface area (Å²) in [6.07, 6.45) is 0.114. The van der Waals surface area contributed by atoms with Gasteiger partial charge in [-0.3, -0.25) is 9.38 Å². The Kier molecular flexibility index (Phi) is 5.29. The van der Waals surface area contributed by atoms with Crippen LogP contribution in [0, 0.1) is 0 Å². The van der Waals surface area contributed by atoms with Crippen molar-refractivity contribution in [1.29, 1.82) is 0 Å². The summed E-state index contributed by atoms with van der Waals surface area (Å²) in [5.41, 5.74) is 0.961. The SMILES string of the molecule is CC.CCOC(F)(F)c1nnc2cnc(CC)cn12. The minimum absolute atomic E-state index is 0.104. The Hall–Kier alpha value is -1.63. The van der Waals surface area contributed by atoms with Crippen molar-refractivity contribution in [1.82, 2.24) is 19.6 Å². The molecular weight excluding hydrogens is 254 g/mol.